The molecule has 2 aliphatic rings. The Bertz CT molecular complexity index is 572. The molecule has 21 heavy (non-hydrogen) atoms. The second-order valence-electron chi connectivity index (χ2n) is 5.90. The summed E-state index contributed by atoms with van der Waals surface area (Å²) in [5, 5.41) is 0. The third kappa shape index (κ3) is 2.71. The minimum absolute atomic E-state index is 0.131. The molecular weight excluding hydrogens is 266 g/mol. The number of piperidine rings is 1. The quantitative estimate of drug-likeness (QED) is 0.867. The molecule has 0 radical (unpaired) electrons. The van der Waals surface area contributed by atoms with Crippen LogP contribution in [0.5, 0.6) is 0 Å². The molecule has 0 amide bonds. The Morgan fingerprint density at radius 3 is 3.14 bits per heavy atom. The highest BCUT2D eigenvalue weighted by atomic mass is 16.5. The van der Waals surface area contributed by atoms with Crippen molar-refractivity contribution in [3.63, 3.8) is 0 Å². The molecule has 0 spiro atoms. The zero-order valence-corrected chi connectivity index (χ0v) is 11.9. The maximum atomic E-state index is 6.24. The summed E-state index contributed by atoms with van der Waals surface area (Å²) in [4.78, 5) is 10.7. The molecule has 2 aromatic rings. The highest BCUT2D eigenvalue weighted by Crippen LogP contribution is 2.40. The van der Waals surface area contributed by atoms with E-state index in [0.29, 0.717) is 12.0 Å². The van der Waals surface area contributed by atoms with Gasteiger partial charge in [-0.1, -0.05) is 0 Å². The lowest BCUT2D eigenvalue weighted by atomic mass is 9.91. The van der Waals surface area contributed by atoms with Crippen LogP contribution < -0.4 is 0 Å². The summed E-state index contributed by atoms with van der Waals surface area (Å²) in [6, 6.07) is 5.94. The molecule has 5 nitrogen and oxygen atoms in total. The van der Waals surface area contributed by atoms with Crippen molar-refractivity contribution < 1.29 is 9.15 Å². The maximum Gasteiger partial charge on any atom is 0.117 e. The molecule has 0 saturated carbocycles. The third-order valence-electron chi connectivity index (χ3n) is 4.53. The average Bonchev–Trinajstić information content (AvgIpc) is 3.17. The summed E-state index contributed by atoms with van der Waals surface area (Å²) in [6.45, 7) is 2.96. The molecule has 2 aromatic heterocycles. The fraction of sp³-hybridized carbons (Fsp3) is 0.500. The van der Waals surface area contributed by atoms with Gasteiger partial charge in [-0.05, 0) is 43.5 Å². The first-order valence-corrected chi connectivity index (χ1v) is 7.54. The second kappa shape index (κ2) is 5.58. The lowest BCUT2D eigenvalue weighted by Crippen LogP contribution is -2.41. The van der Waals surface area contributed by atoms with Gasteiger partial charge >= 0.3 is 0 Å². The number of ether oxygens (including phenoxy) is 1. The molecular formula is C16H19N3O2. The van der Waals surface area contributed by atoms with E-state index in [4.69, 9.17) is 9.15 Å². The number of nitrogens with zero attached hydrogens (tertiary/aromatic N) is 3. The van der Waals surface area contributed by atoms with Crippen molar-refractivity contribution in [2.75, 3.05) is 13.1 Å². The van der Waals surface area contributed by atoms with Crippen LogP contribution in [0.25, 0.3) is 0 Å². The van der Waals surface area contributed by atoms with Gasteiger partial charge in [-0.3, -0.25) is 4.90 Å². The number of rotatable bonds is 3. The molecule has 2 fully saturated rings. The van der Waals surface area contributed by atoms with Crippen LogP contribution in [0, 0.1) is 5.92 Å². The zero-order chi connectivity index (χ0) is 14.1. The molecule has 5 heteroatoms. The van der Waals surface area contributed by atoms with Crippen molar-refractivity contribution in [1.82, 2.24) is 14.9 Å². The maximum absolute atomic E-state index is 6.24. The van der Waals surface area contributed by atoms with Crippen LogP contribution in [0.3, 0.4) is 0 Å². The Balaban J connectivity index is 1.40. The van der Waals surface area contributed by atoms with E-state index in [9.17, 15) is 0 Å². The van der Waals surface area contributed by atoms with Gasteiger partial charge in [0.1, 0.15) is 18.2 Å². The number of hydrogen-bond donors (Lipinski definition) is 0. The first-order chi connectivity index (χ1) is 10.4. The summed E-state index contributed by atoms with van der Waals surface area (Å²) in [5.41, 5.74) is 1.01. The van der Waals surface area contributed by atoms with E-state index in [1.807, 2.05) is 18.2 Å². The first-order valence-electron chi connectivity index (χ1n) is 7.54. The summed E-state index contributed by atoms with van der Waals surface area (Å²) in [6.07, 6.45) is 7.84. The third-order valence-corrected chi connectivity index (χ3v) is 4.53. The van der Waals surface area contributed by atoms with E-state index in [0.717, 1.165) is 37.5 Å². The van der Waals surface area contributed by atoms with E-state index >= 15 is 0 Å². The van der Waals surface area contributed by atoms with Gasteiger partial charge in [0.25, 0.3) is 0 Å². The van der Waals surface area contributed by atoms with Crippen molar-refractivity contribution in [1.29, 1.82) is 0 Å². The van der Waals surface area contributed by atoms with Crippen molar-refractivity contribution in [2.45, 2.75) is 31.6 Å². The van der Waals surface area contributed by atoms with Crippen LogP contribution in [0.4, 0.5) is 0 Å². The van der Waals surface area contributed by atoms with Crippen molar-refractivity contribution >= 4 is 0 Å². The summed E-state index contributed by atoms with van der Waals surface area (Å²) in [7, 11) is 0. The predicted molar refractivity (Wildman–Crippen MR) is 76.4 cm³/mol. The fourth-order valence-electron chi connectivity index (χ4n) is 3.44. The molecule has 3 atom stereocenters. The van der Waals surface area contributed by atoms with Gasteiger partial charge in [0.15, 0.2) is 0 Å². The Morgan fingerprint density at radius 1 is 1.33 bits per heavy atom. The van der Waals surface area contributed by atoms with Gasteiger partial charge in [0, 0.05) is 12.7 Å². The van der Waals surface area contributed by atoms with Gasteiger partial charge in [0.05, 0.1) is 24.6 Å². The summed E-state index contributed by atoms with van der Waals surface area (Å²) < 4.78 is 11.7. The summed E-state index contributed by atoms with van der Waals surface area (Å²) >= 11 is 0. The minimum Gasteiger partial charge on any atom is -0.468 e. The highest BCUT2D eigenvalue weighted by Gasteiger charge is 2.40. The van der Waals surface area contributed by atoms with Crippen LogP contribution in [-0.4, -0.2) is 34.1 Å². The fourth-order valence-corrected chi connectivity index (χ4v) is 3.44. The number of fused-ring (bicyclic) bond motifs is 1. The number of aromatic nitrogens is 2. The Kier molecular flexibility index (Phi) is 3.45. The van der Waals surface area contributed by atoms with Gasteiger partial charge in [-0.25, -0.2) is 9.97 Å². The molecule has 0 unspecified atom stereocenters. The Hall–Kier alpha value is -1.72. The monoisotopic (exact) mass is 285 g/mol. The first kappa shape index (κ1) is 13.0. The van der Waals surface area contributed by atoms with Crippen LogP contribution in [-0.2, 0) is 11.3 Å². The van der Waals surface area contributed by atoms with Gasteiger partial charge in [-0.2, -0.15) is 0 Å². The lowest BCUT2D eigenvalue weighted by molar-refractivity contribution is -0.0120. The van der Waals surface area contributed by atoms with Gasteiger partial charge in [-0.15, -0.1) is 0 Å². The van der Waals surface area contributed by atoms with Crippen LogP contribution in [0.1, 0.15) is 30.4 Å². The molecule has 4 rings (SSSR count). The SMILES string of the molecule is c1coc(CN2CC[C@H]3C[C@H](c4ccncn4)O[C@@H]3C2)c1. The Morgan fingerprint density at radius 2 is 2.33 bits per heavy atom. The Labute approximate surface area is 124 Å². The molecule has 2 saturated heterocycles. The highest BCUT2D eigenvalue weighted by molar-refractivity contribution is 5.06. The summed E-state index contributed by atoms with van der Waals surface area (Å²) in [5.74, 6) is 1.68. The molecule has 0 aromatic carbocycles. The van der Waals surface area contributed by atoms with Crippen molar-refractivity contribution in [3.05, 3.63) is 48.4 Å². The van der Waals surface area contributed by atoms with Crippen molar-refractivity contribution in [3.8, 4) is 0 Å². The molecule has 110 valence electrons. The minimum atomic E-state index is 0.131. The smallest absolute Gasteiger partial charge is 0.117 e. The van der Waals surface area contributed by atoms with E-state index < -0.39 is 0 Å². The van der Waals surface area contributed by atoms with Crippen LogP contribution >= 0.6 is 0 Å². The molecule has 0 N–H and O–H groups in total. The normalized spacial score (nSPS) is 29.4. The molecule has 0 bridgehead atoms. The standard InChI is InChI=1S/C16H19N3O2/c1-2-13(20-7-1)9-19-6-4-12-8-15(21-16(12)10-19)14-3-5-17-11-18-14/h1-3,5,7,11-12,15-16H,4,6,8-10H2/t12-,15+,16+/m0/s1. The topological polar surface area (TPSA) is 51.4 Å². The van der Waals surface area contributed by atoms with E-state index in [1.54, 1.807) is 18.8 Å². The van der Waals surface area contributed by atoms with Gasteiger partial charge < -0.3 is 9.15 Å². The number of likely N-dealkylation sites (tertiary alicyclic amines) is 1. The number of furan rings is 1. The molecule has 4 heterocycles. The molecule has 2 aliphatic heterocycles. The van der Waals surface area contributed by atoms with E-state index in [2.05, 4.69) is 14.9 Å². The number of hydrogen-bond acceptors (Lipinski definition) is 5. The predicted octanol–water partition coefficient (Wildman–Crippen LogP) is 2.42. The second-order valence-corrected chi connectivity index (χ2v) is 5.90. The van der Waals surface area contributed by atoms with Crippen LogP contribution in [0.2, 0.25) is 0 Å². The van der Waals surface area contributed by atoms with Gasteiger partial charge in [0.2, 0.25) is 0 Å². The molecule has 0 aliphatic carbocycles. The van der Waals surface area contributed by atoms with Crippen LogP contribution in [0.15, 0.2) is 41.4 Å². The van der Waals surface area contributed by atoms with E-state index in [-0.39, 0.29) is 6.10 Å². The average molecular weight is 285 g/mol. The van der Waals surface area contributed by atoms with E-state index in [1.165, 1.54) is 6.42 Å². The lowest BCUT2D eigenvalue weighted by Gasteiger charge is -2.33. The van der Waals surface area contributed by atoms with Crippen molar-refractivity contribution in [2.24, 2.45) is 5.92 Å². The zero-order valence-electron chi connectivity index (χ0n) is 11.9. The largest absolute Gasteiger partial charge is 0.468 e.